The van der Waals surface area contributed by atoms with Gasteiger partial charge in [0.2, 0.25) is 17.7 Å². The number of benzene rings is 1. The molecular weight excluding hydrogens is 997 g/mol. The average molecular weight is 1080 g/mol. The first-order valence-corrected chi connectivity index (χ1v) is 25.4. The second-order valence-corrected chi connectivity index (χ2v) is 18.9. The number of hydrogen-bond donors (Lipinski definition) is 13. The van der Waals surface area contributed by atoms with Crippen molar-refractivity contribution >= 4 is 23.6 Å². The van der Waals surface area contributed by atoms with Crippen molar-refractivity contribution in [3.8, 4) is 5.75 Å². The number of rotatable bonds is 26. The summed E-state index contributed by atoms with van der Waals surface area (Å²) in [6, 6.07) is 0.112. The zero-order valence-corrected chi connectivity index (χ0v) is 42.8. The van der Waals surface area contributed by atoms with Crippen LogP contribution in [0, 0.1) is 0 Å². The molecule has 0 radical (unpaired) electrons. The van der Waals surface area contributed by atoms with Crippen LogP contribution >= 0.6 is 0 Å². The van der Waals surface area contributed by atoms with Crippen molar-refractivity contribution in [3.05, 3.63) is 42.0 Å². The summed E-state index contributed by atoms with van der Waals surface area (Å²) in [6.07, 6.45) is -14.7. The van der Waals surface area contributed by atoms with Gasteiger partial charge in [0.25, 0.3) is 5.91 Å². The van der Waals surface area contributed by atoms with Gasteiger partial charge in [-0.25, -0.2) is 0 Å². The predicted octanol–water partition coefficient (Wildman–Crippen LogP) is -3.54. The lowest BCUT2D eigenvalue weighted by Crippen LogP contribution is -2.71. The van der Waals surface area contributed by atoms with Gasteiger partial charge < -0.3 is 110 Å². The van der Waals surface area contributed by atoms with Crippen molar-refractivity contribution in [2.45, 2.75) is 195 Å². The first kappa shape index (κ1) is 61.8. The van der Waals surface area contributed by atoms with Gasteiger partial charge >= 0.3 is 0 Å². The van der Waals surface area contributed by atoms with Crippen molar-refractivity contribution in [3.63, 3.8) is 0 Å². The van der Waals surface area contributed by atoms with Crippen molar-refractivity contribution < 1.29 is 108 Å². The molecule has 0 saturated carbocycles. The molecule has 4 aliphatic heterocycles. The fraction of sp³-hybridized carbons (Fsp3) is 0.755. The molecule has 0 aliphatic carbocycles. The van der Waals surface area contributed by atoms with E-state index in [1.54, 1.807) is 12.1 Å². The number of nitrogens with one attached hydrogen (secondary N) is 4. The molecule has 0 aromatic heterocycles. The van der Waals surface area contributed by atoms with E-state index >= 15 is 0 Å². The first-order chi connectivity index (χ1) is 35.9. The largest absolute Gasteiger partial charge is 0.494 e. The number of carbonyl (C=O) groups excluding carboxylic acids is 4. The number of allylic oxidation sites excluding steroid dienone is 2. The fourth-order valence-corrected chi connectivity index (χ4v) is 9.49. The zero-order valence-electron chi connectivity index (χ0n) is 42.8. The van der Waals surface area contributed by atoms with Gasteiger partial charge in [-0.15, -0.1) is 0 Å². The van der Waals surface area contributed by atoms with Crippen LogP contribution in [-0.4, -0.2) is 232 Å². The van der Waals surface area contributed by atoms with Gasteiger partial charge in [-0.2, -0.15) is 0 Å². The van der Waals surface area contributed by atoms with E-state index in [2.05, 4.69) is 40.3 Å². The predicted molar refractivity (Wildman–Crippen MR) is 258 cm³/mol. The summed E-state index contributed by atoms with van der Waals surface area (Å²) < 4.78 is 53.3. The zero-order chi connectivity index (χ0) is 54.9. The summed E-state index contributed by atoms with van der Waals surface area (Å²) in [6.45, 7) is 2.47. The molecule has 26 heteroatoms. The molecule has 20 unspecified atom stereocenters. The van der Waals surface area contributed by atoms with Crippen LogP contribution in [-0.2, 0) is 52.3 Å². The molecule has 0 spiro atoms. The molecular formula is C49H78N4O22. The molecule has 4 fully saturated rings. The summed E-state index contributed by atoms with van der Waals surface area (Å²) in [5, 5.41) is 109. The number of amides is 4. The lowest BCUT2D eigenvalue weighted by Gasteiger charge is -2.51. The van der Waals surface area contributed by atoms with Crippen LogP contribution in [0.4, 0.5) is 0 Å². The van der Waals surface area contributed by atoms with E-state index in [9.17, 15) is 65.1 Å². The van der Waals surface area contributed by atoms with Crippen LogP contribution in [0.15, 0.2) is 36.4 Å². The Labute approximate surface area is 434 Å². The van der Waals surface area contributed by atoms with E-state index in [1.807, 2.05) is 0 Å². The van der Waals surface area contributed by atoms with Crippen molar-refractivity contribution in [1.82, 2.24) is 21.3 Å². The Morgan fingerprint density at radius 3 is 1.45 bits per heavy atom. The normalized spacial score (nSPS) is 36.1. The summed E-state index contributed by atoms with van der Waals surface area (Å²) in [5.41, 5.74) is 0.128. The Hall–Kier alpha value is -4.04. The monoisotopic (exact) mass is 1070 g/mol. The highest BCUT2D eigenvalue weighted by Gasteiger charge is 2.56. The Morgan fingerprint density at radius 1 is 0.560 bits per heavy atom. The molecule has 1 aromatic rings. The lowest BCUT2D eigenvalue weighted by atomic mass is 9.93. The molecule has 26 nitrogen and oxygen atoms in total. The standard InChI is InChI=1S/C49H78N4O22/c1-6-7-8-9-10-11-12-13-14-18-68-28-17-15-16-27(19-28)45(65)53-36-38(62)41(67-5)29(20-54)70-49(36)75-44-32(23-57)72-48(35(40(44)64)52-26(4)60)74-43-31(22-56)71-47(34(39(43)63)51-25(3)59)73-42-30(21-55)69-46(66)33(37(42)61)50-24(2)58/h11-12,15-17,19,29-44,46-49,54-57,61-64,66H,6-10,13-14,18,20-23H2,1-5H3,(H,50,58)(H,51,59)(H,52,60)(H,53,65)/b12-11-. The molecule has 4 saturated heterocycles. The summed E-state index contributed by atoms with van der Waals surface area (Å²) in [4.78, 5) is 51.1. The number of carbonyl (C=O) groups is 4. The van der Waals surface area contributed by atoms with Crippen LogP contribution in [0.5, 0.6) is 5.75 Å². The molecule has 20 atom stereocenters. The minimum Gasteiger partial charge on any atom is -0.494 e. The highest BCUT2D eigenvalue weighted by molar-refractivity contribution is 5.94. The highest BCUT2D eigenvalue weighted by atomic mass is 16.8. The number of ether oxygens (including phenoxy) is 9. The highest BCUT2D eigenvalue weighted by Crippen LogP contribution is 2.35. The third-order valence-corrected chi connectivity index (χ3v) is 13.3. The van der Waals surface area contributed by atoms with Gasteiger partial charge in [0.15, 0.2) is 25.2 Å². The van der Waals surface area contributed by atoms with Crippen molar-refractivity contribution in [1.29, 1.82) is 0 Å². The number of aliphatic hydroxyl groups is 9. The Balaban J connectivity index is 1.34. The van der Waals surface area contributed by atoms with Crippen LogP contribution in [0.3, 0.4) is 0 Å². The number of hydrogen-bond acceptors (Lipinski definition) is 22. The van der Waals surface area contributed by atoms with Crippen LogP contribution in [0.25, 0.3) is 0 Å². The third-order valence-electron chi connectivity index (χ3n) is 13.3. The van der Waals surface area contributed by atoms with E-state index in [-0.39, 0.29) is 5.56 Å². The minimum atomic E-state index is -1.91. The molecule has 4 aliphatic rings. The molecule has 4 amide bonds. The van der Waals surface area contributed by atoms with Gasteiger partial charge in [-0.05, 0) is 43.9 Å². The van der Waals surface area contributed by atoms with Crippen LogP contribution in [0.2, 0.25) is 0 Å². The molecule has 4 heterocycles. The van der Waals surface area contributed by atoms with Crippen LogP contribution in [0.1, 0.15) is 83.0 Å². The van der Waals surface area contributed by atoms with E-state index in [0.717, 1.165) is 46.5 Å². The molecule has 13 N–H and O–H groups in total. The first-order valence-electron chi connectivity index (χ1n) is 25.4. The summed E-state index contributed by atoms with van der Waals surface area (Å²) in [7, 11) is 1.25. The molecule has 426 valence electrons. The van der Waals surface area contributed by atoms with Gasteiger partial charge in [0, 0.05) is 33.4 Å². The maximum absolute atomic E-state index is 13.9. The Kier molecular flexibility index (Phi) is 24.9. The second-order valence-electron chi connectivity index (χ2n) is 18.9. The van der Waals surface area contributed by atoms with Gasteiger partial charge in [0.1, 0.15) is 103 Å². The number of unbranched alkanes of at least 4 members (excludes halogenated alkanes) is 5. The molecule has 1 aromatic carbocycles. The third kappa shape index (κ3) is 16.5. The quantitative estimate of drug-likeness (QED) is 0.0316. The summed E-state index contributed by atoms with van der Waals surface area (Å²) in [5.74, 6) is -2.46. The topological polar surface area (TPSA) is 382 Å². The van der Waals surface area contributed by atoms with Gasteiger partial charge in [-0.3, -0.25) is 19.2 Å². The maximum atomic E-state index is 13.9. The Bertz CT molecular complexity index is 1970. The Morgan fingerprint density at radius 2 is 0.987 bits per heavy atom. The molecule has 5 rings (SSSR count). The molecule has 75 heavy (non-hydrogen) atoms. The van der Waals surface area contributed by atoms with Gasteiger partial charge in [0.05, 0.1) is 33.0 Å². The second kappa shape index (κ2) is 30.2. The number of methoxy groups -OCH3 is 1. The maximum Gasteiger partial charge on any atom is 0.251 e. The van der Waals surface area contributed by atoms with E-state index in [0.29, 0.717) is 12.4 Å². The van der Waals surface area contributed by atoms with E-state index < -0.39 is 173 Å². The van der Waals surface area contributed by atoms with Crippen molar-refractivity contribution in [2.75, 3.05) is 40.1 Å². The van der Waals surface area contributed by atoms with Crippen molar-refractivity contribution in [2.24, 2.45) is 0 Å². The number of aliphatic hydroxyl groups excluding tert-OH is 9. The summed E-state index contributed by atoms with van der Waals surface area (Å²) >= 11 is 0. The minimum absolute atomic E-state index is 0.128. The SMILES string of the molecule is CCCCCC/C=C\CCCOc1cccc(C(=O)NC2C(OC3C(CO)OC(OC4C(CO)OC(OC5C(CO)OC(O)C(NC(C)=O)C5O)C(NC(C)=O)C4O)C(NC(C)=O)C3O)OC(CO)C(OC)C2O)c1. The van der Waals surface area contributed by atoms with Crippen LogP contribution < -0.4 is 26.0 Å². The fourth-order valence-electron chi connectivity index (χ4n) is 9.49. The van der Waals surface area contributed by atoms with E-state index in [4.69, 9.17) is 42.6 Å². The van der Waals surface area contributed by atoms with Gasteiger partial charge in [-0.1, -0.05) is 44.4 Å². The lowest BCUT2D eigenvalue weighted by molar-refractivity contribution is -0.362. The van der Waals surface area contributed by atoms with E-state index in [1.165, 1.54) is 38.5 Å². The smallest absolute Gasteiger partial charge is 0.251 e. The average Bonchev–Trinajstić information content (AvgIpc) is 3.38. The molecule has 0 bridgehead atoms.